The van der Waals surface area contributed by atoms with Crippen molar-refractivity contribution < 1.29 is 9.47 Å². The van der Waals surface area contributed by atoms with Gasteiger partial charge in [-0.15, -0.1) is 5.10 Å². The van der Waals surface area contributed by atoms with Crippen molar-refractivity contribution in [1.82, 2.24) is 15.0 Å². The van der Waals surface area contributed by atoms with Gasteiger partial charge in [-0.1, -0.05) is 19.1 Å². The molecule has 16 heavy (non-hydrogen) atoms. The molecule has 0 aromatic carbocycles. The van der Waals surface area contributed by atoms with E-state index in [1.54, 1.807) is 0 Å². The molecule has 5 nitrogen and oxygen atoms in total. The molecule has 0 bridgehead atoms. The molecular formula is C11H21N3O2. The van der Waals surface area contributed by atoms with Crippen LogP contribution in [0.25, 0.3) is 0 Å². The van der Waals surface area contributed by atoms with Gasteiger partial charge in [0.05, 0.1) is 32.1 Å². The number of aryl methyl sites for hydroxylation is 1. The van der Waals surface area contributed by atoms with Crippen molar-refractivity contribution in [2.75, 3.05) is 26.4 Å². The third-order valence-electron chi connectivity index (χ3n) is 2.13. The highest BCUT2D eigenvalue weighted by Crippen LogP contribution is 1.93. The Morgan fingerprint density at radius 2 is 1.88 bits per heavy atom. The lowest BCUT2D eigenvalue weighted by Crippen LogP contribution is -2.10. The van der Waals surface area contributed by atoms with E-state index in [9.17, 15) is 0 Å². The Morgan fingerprint density at radius 1 is 1.12 bits per heavy atom. The highest BCUT2D eigenvalue weighted by Gasteiger charge is 1.97. The number of nitrogens with zero attached hydrogens (tertiary/aromatic N) is 3. The van der Waals surface area contributed by atoms with Crippen molar-refractivity contribution in [3.05, 3.63) is 11.9 Å². The van der Waals surface area contributed by atoms with Crippen LogP contribution >= 0.6 is 0 Å². The molecule has 1 aromatic rings. The monoisotopic (exact) mass is 227 g/mol. The number of hydrogen-bond donors (Lipinski definition) is 0. The minimum Gasteiger partial charge on any atom is -0.379 e. The molecule has 1 rings (SSSR count). The standard InChI is InChI=1S/C11H21N3O2/c1-3-6-15-8-9-16-7-5-14-10-11(4-2)12-13-14/h10H,3-9H2,1-2H3. The van der Waals surface area contributed by atoms with Crippen LogP contribution in [0.15, 0.2) is 6.20 Å². The van der Waals surface area contributed by atoms with E-state index >= 15 is 0 Å². The van der Waals surface area contributed by atoms with Crippen LogP contribution in [-0.2, 0) is 22.4 Å². The molecule has 0 unspecified atom stereocenters. The second-order valence-corrected chi connectivity index (χ2v) is 3.55. The first-order valence-corrected chi connectivity index (χ1v) is 5.91. The first-order chi connectivity index (χ1) is 7.86. The average Bonchev–Trinajstić information content (AvgIpc) is 2.76. The van der Waals surface area contributed by atoms with Gasteiger partial charge in [-0.3, -0.25) is 0 Å². The lowest BCUT2D eigenvalue weighted by molar-refractivity contribution is 0.0441. The Kier molecular flexibility index (Phi) is 6.76. The summed E-state index contributed by atoms with van der Waals surface area (Å²) in [6.45, 7) is 7.70. The van der Waals surface area contributed by atoms with Crippen LogP contribution < -0.4 is 0 Å². The summed E-state index contributed by atoms with van der Waals surface area (Å²) in [5.41, 5.74) is 1.02. The van der Waals surface area contributed by atoms with Crippen molar-refractivity contribution in [2.45, 2.75) is 33.2 Å². The van der Waals surface area contributed by atoms with E-state index in [0.29, 0.717) is 19.8 Å². The molecule has 0 aliphatic heterocycles. The van der Waals surface area contributed by atoms with Crippen molar-refractivity contribution in [3.63, 3.8) is 0 Å². The van der Waals surface area contributed by atoms with Crippen LogP contribution in [0.5, 0.6) is 0 Å². The fourth-order valence-electron chi connectivity index (χ4n) is 1.23. The summed E-state index contributed by atoms with van der Waals surface area (Å²) >= 11 is 0. The van der Waals surface area contributed by atoms with Gasteiger partial charge in [0.15, 0.2) is 0 Å². The van der Waals surface area contributed by atoms with Crippen LogP contribution in [0.3, 0.4) is 0 Å². The molecule has 1 aromatic heterocycles. The van der Waals surface area contributed by atoms with Crippen molar-refractivity contribution >= 4 is 0 Å². The molecule has 92 valence electrons. The van der Waals surface area contributed by atoms with Crippen LogP contribution in [0, 0.1) is 0 Å². The van der Waals surface area contributed by atoms with E-state index in [0.717, 1.165) is 31.7 Å². The summed E-state index contributed by atoms with van der Waals surface area (Å²) in [6.07, 6.45) is 3.93. The van der Waals surface area contributed by atoms with E-state index in [4.69, 9.17) is 9.47 Å². The summed E-state index contributed by atoms with van der Waals surface area (Å²) in [7, 11) is 0. The summed E-state index contributed by atoms with van der Waals surface area (Å²) in [5.74, 6) is 0. The largest absolute Gasteiger partial charge is 0.379 e. The lowest BCUT2D eigenvalue weighted by Gasteiger charge is -2.04. The fourth-order valence-corrected chi connectivity index (χ4v) is 1.23. The second-order valence-electron chi connectivity index (χ2n) is 3.55. The third-order valence-corrected chi connectivity index (χ3v) is 2.13. The Labute approximate surface area is 96.7 Å². The topological polar surface area (TPSA) is 49.2 Å². The number of rotatable bonds is 9. The zero-order valence-electron chi connectivity index (χ0n) is 10.2. The van der Waals surface area contributed by atoms with Gasteiger partial charge in [0.25, 0.3) is 0 Å². The van der Waals surface area contributed by atoms with Gasteiger partial charge in [-0.2, -0.15) is 0 Å². The normalized spacial score (nSPS) is 10.9. The summed E-state index contributed by atoms with van der Waals surface area (Å²) in [6, 6.07) is 0. The highest BCUT2D eigenvalue weighted by molar-refractivity contribution is 4.90. The molecule has 0 saturated carbocycles. The molecule has 0 fully saturated rings. The van der Waals surface area contributed by atoms with Gasteiger partial charge < -0.3 is 9.47 Å². The zero-order chi connectivity index (χ0) is 11.6. The zero-order valence-corrected chi connectivity index (χ0v) is 10.2. The van der Waals surface area contributed by atoms with Gasteiger partial charge in [-0.05, 0) is 12.8 Å². The highest BCUT2D eigenvalue weighted by atomic mass is 16.5. The van der Waals surface area contributed by atoms with E-state index < -0.39 is 0 Å². The fraction of sp³-hybridized carbons (Fsp3) is 0.818. The molecule has 0 aliphatic rings. The van der Waals surface area contributed by atoms with E-state index in [-0.39, 0.29) is 0 Å². The Hall–Kier alpha value is -0.940. The number of hydrogen-bond acceptors (Lipinski definition) is 4. The second kappa shape index (κ2) is 8.24. The van der Waals surface area contributed by atoms with Gasteiger partial charge in [0.2, 0.25) is 0 Å². The van der Waals surface area contributed by atoms with Gasteiger partial charge in [-0.25, -0.2) is 4.68 Å². The van der Waals surface area contributed by atoms with Crippen LogP contribution in [-0.4, -0.2) is 41.4 Å². The van der Waals surface area contributed by atoms with E-state index in [1.807, 2.05) is 10.9 Å². The third kappa shape index (κ3) is 5.23. The molecule has 1 heterocycles. The Morgan fingerprint density at radius 3 is 2.50 bits per heavy atom. The molecule has 0 radical (unpaired) electrons. The maximum Gasteiger partial charge on any atom is 0.0824 e. The Balaban J connectivity index is 1.98. The molecule has 0 spiro atoms. The molecule has 0 N–H and O–H groups in total. The predicted octanol–water partition coefficient (Wildman–Crippen LogP) is 1.28. The van der Waals surface area contributed by atoms with Crippen molar-refractivity contribution in [3.8, 4) is 0 Å². The molecule has 0 atom stereocenters. The van der Waals surface area contributed by atoms with E-state index in [2.05, 4.69) is 24.2 Å². The van der Waals surface area contributed by atoms with Crippen molar-refractivity contribution in [1.29, 1.82) is 0 Å². The van der Waals surface area contributed by atoms with Gasteiger partial charge in [0.1, 0.15) is 0 Å². The minimum absolute atomic E-state index is 0.648. The lowest BCUT2D eigenvalue weighted by atomic mass is 10.4. The first-order valence-electron chi connectivity index (χ1n) is 5.91. The molecule has 0 aliphatic carbocycles. The molecule has 5 heteroatoms. The maximum atomic E-state index is 5.41. The maximum absolute atomic E-state index is 5.41. The smallest absolute Gasteiger partial charge is 0.0824 e. The first kappa shape index (κ1) is 13.1. The van der Waals surface area contributed by atoms with Crippen LogP contribution in [0.2, 0.25) is 0 Å². The summed E-state index contributed by atoms with van der Waals surface area (Å²) < 4.78 is 12.5. The number of aromatic nitrogens is 3. The van der Waals surface area contributed by atoms with Crippen molar-refractivity contribution in [2.24, 2.45) is 0 Å². The predicted molar refractivity (Wildman–Crippen MR) is 61.3 cm³/mol. The van der Waals surface area contributed by atoms with Gasteiger partial charge >= 0.3 is 0 Å². The Bertz CT molecular complexity index is 276. The summed E-state index contributed by atoms with van der Waals surface area (Å²) in [5, 5.41) is 8.00. The van der Waals surface area contributed by atoms with Crippen LogP contribution in [0.4, 0.5) is 0 Å². The minimum atomic E-state index is 0.648. The van der Waals surface area contributed by atoms with E-state index in [1.165, 1.54) is 0 Å². The molecular weight excluding hydrogens is 206 g/mol. The molecule has 0 saturated heterocycles. The SMILES string of the molecule is CCCOCCOCCn1cc(CC)nn1. The van der Waals surface area contributed by atoms with Gasteiger partial charge in [0, 0.05) is 12.8 Å². The van der Waals surface area contributed by atoms with Crippen LogP contribution in [0.1, 0.15) is 26.0 Å². The summed E-state index contributed by atoms with van der Waals surface area (Å²) in [4.78, 5) is 0. The molecule has 0 amide bonds. The number of ether oxygens (including phenoxy) is 2. The quantitative estimate of drug-likeness (QED) is 0.596. The average molecular weight is 227 g/mol.